The summed E-state index contributed by atoms with van der Waals surface area (Å²) in [5.41, 5.74) is 1.09. The number of esters is 2. The van der Waals surface area contributed by atoms with E-state index in [2.05, 4.69) is 4.98 Å². The lowest BCUT2D eigenvalue weighted by Gasteiger charge is -2.13. The first-order valence-electron chi connectivity index (χ1n) is 8.51. The van der Waals surface area contributed by atoms with Crippen LogP contribution in [0, 0.1) is 13.8 Å². The molecule has 27 heavy (non-hydrogen) atoms. The number of aromatic amines is 1. The van der Waals surface area contributed by atoms with Crippen molar-refractivity contribution in [3.8, 4) is 0 Å². The van der Waals surface area contributed by atoms with Crippen molar-refractivity contribution in [2.45, 2.75) is 40.3 Å². The molecule has 0 aliphatic carbocycles. The van der Waals surface area contributed by atoms with Crippen LogP contribution in [0.25, 0.3) is 0 Å². The van der Waals surface area contributed by atoms with Crippen molar-refractivity contribution in [3.05, 3.63) is 57.3 Å². The summed E-state index contributed by atoms with van der Waals surface area (Å²) < 4.78 is 11.3. The van der Waals surface area contributed by atoms with Gasteiger partial charge in [0, 0.05) is 18.0 Å². The van der Waals surface area contributed by atoms with Gasteiger partial charge in [-0.1, -0.05) is 6.07 Å². The zero-order valence-electron chi connectivity index (χ0n) is 15.7. The lowest BCUT2D eigenvalue weighted by Crippen LogP contribution is -2.30. The smallest absolute Gasteiger partial charge is 0.340 e. The number of ketones is 1. The molecule has 0 saturated carbocycles. The van der Waals surface area contributed by atoms with Gasteiger partial charge >= 0.3 is 11.9 Å². The topological polar surface area (TPSA) is 107 Å². The molecule has 0 bridgehead atoms. The highest BCUT2D eigenvalue weighted by Crippen LogP contribution is 2.21. The van der Waals surface area contributed by atoms with E-state index in [1.54, 1.807) is 32.9 Å². The SMILES string of the molecule is CCOC(=O)c1c(C)[nH]c(C(=O)[C@@H](C)OC(=O)Cn2ccccc2=O)c1C. The Kier molecular flexibility index (Phi) is 6.33. The predicted octanol–water partition coefficient (Wildman–Crippen LogP) is 1.78. The summed E-state index contributed by atoms with van der Waals surface area (Å²) in [4.78, 5) is 51.2. The molecule has 0 saturated heterocycles. The number of carbonyl (C=O) groups is 3. The van der Waals surface area contributed by atoms with E-state index >= 15 is 0 Å². The van der Waals surface area contributed by atoms with Crippen molar-refractivity contribution in [3.63, 3.8) is 0 Å². The minimum atomic E-state index is -1.08. The minimum absolute atomic E-state index is 0.188. The van der Waals surface area contributed by atoms with E-state index in [0.717, 1.165) is 0 Å². The fourth-order valence-electron chi connectivity index (χ4n) is 2.73. The molecule has 8 heteroatoms. The second-order valence-electron chi connectivity index (χ2n) is 6.01. The predicted molar refractivity (Wildman–Crippen MR) is 96.8 cm³/mol. The molecule has 1 atom stereocenters. The molecule has 0 amide bonds. The van der Waals surface area contributed by atoms with Crippen LogP contribution in [-0.4, -0.2) is 40.0 Å². The van der Waals surface area contributed by atoms with Gasteiger partial charge in [0.1, 0.15) is 6.54 Å². The van der Waals surface area contributed by atoms with Crippen LogP contribution in [-0.2, 0) is 20.8 Å². The zero-order chi connectivity index (χ0) is 20.1. The molecule has 0 unspecified atom stereocenters. The van der Waals surface area contributed by atoms with Crippen molar-refractivity contribution in [1.29, 1.82) is 0 Å². The normalized spacial score (nSPS) is 11.7. The quantitative estimate of drug-likeness (QED) is 0.585. The third-order valence-corrected chi connectivity index (χ3v) is 4.04. The summed E-state index contributed by atoms with van der Waals surface area (Å²) in [5, 5.41) is 0. The summed E-state index contributed by atoms with van der Waals surface area (Å²) >= 11 is 0. The van der Waals surface area contributed by atoms with Crippen LogP contribution in [0.3, 0.4) is 0 Å². The summed E-state index contributed by atoms with van der Waals surface area (Å²) in [6.07, 6.45) is 0.379. The van der Waals surface area contributed by atoms with Gasteiger partial charge < -0.3 is 19.0 Å². The van der Waals surface area contributed by atoms with E-state index in [4.69, 9.17) is 9.47 Å². The Morgan fingerprint density at radius 3 is 2.56 bits per heavy atom. The first-order chi connectivity index (χ1) is 12.8. The van der Waals surface area contributed by atoms with Gasteiger partial charge in [-0.15, -0.1) is 0 Å². The number of hydrogen-bond donors (Lipinski definition) is 1. The Morgan fingerprint density at radius 1 is 1.22 bits per heavy atom. The Bertz CT molecular complexity index is 925. The third kappa shape index (κ3) is 4.52. The van der Waals surface area contributed by atoms with E-state index in [0.29, 0.717) is 16.8 Å². The van der Waals surface area contributed by atoms with E-state index in [1.165, 1.54) is 23.8 Å². The van der Waals surface area contributed by atoms with Crippen LogP contribution >= 0.6 is 0 Å². The molecule has 0 aliphatic rings. The summed E-state index contributed by atoms with van der Waals surface area (Å²) in [6.45, 7) is 6.34. The maximum absolute atomic E-state index is 12.6. The van der Waals surface area contributed by atoms with Crippen LogP contribution in [0.2, 0.25) is 0 Å². The maximum Gasteiger partial charge on any atom is 0.340 e. The van der Waals surface area contributed by atoms with E-state index < -0.39 is 23.8 Å². The van der Waals surface area contributed by atoms with Crippen LogP contribution in [0.4, 0.5) is 0 Å². The van der Waals surface area contributed by atoms with Crippen LogP contribution in [0.1, 0.15) is 46.0 Å². The molecule has 0 radical (unpaired) electrons. The molecule has 0 aliphatic heterocycles. The maximum atomic E-state index is 12.6. The Labute approximate surface area is 156 Å². The highest BCUT2D eigenvalue weighted by atomic mass is 16.5. The number of rotatable bonds is 7. The summed E-state index contributed by atoms with van der Waals surface area (Å²) in [6, 6.07) is 4.50. The highest BCUT2D eigenvalue weighted by Gasteiger charge is 2.27. The van der Waals surface area contributed by atoms with E-state index in [-0.39, 0.29) is 24.4 Å². The van der Waals surface area contributed by atoms with Crippen molar-refractivity contribution in [2.75, 3.05) is 6.61 Å². The first-order valence-corrected chi connectivity index (χ1v) is 8.51. The monoisotopic (exact) mass is 374 g/mol. The van der Waals surface area contributed by atoms with Crippen LogP contribution < -0.4 is 5.56 Å². The molecule has 2 rings (SSSR count). The molecule has 1 N–H and O–H groups in total. The number of carbonyl (C=O) groups excluding carboxylic acids is 3. The number of hydrogen-bond acceptors (Lipinski definition) is 6. The minimum Gasteiger partial charge on any atom is -0.462 e. The molecule has 2 heterocycles. The number of H-pyrrole nitrogens is 1. The average molecular weight is 374 g/mol. The highest BCUT2D eigenvalue weighted by molar-refractivity contribution is 6.03. The number of aryl methyl sites for hydroxylation is 1. The molecular weight excluding hydrogens is 352 g/mol. The average Bonchev–Trinajstić information content (AvgIpc) is 2.90. The van der Waals surface area contributed by atoms with Crippen molar-refractivity contribution in [2.24, 2.45) is 0 Å². The number of ether oxygens (including phenoxy) is 2. The van der Waals surface area contributed by atoms with Gasteiger partial charge in [0.05, 0.1) is 17.9 Å². The first kappa shape index (κ1) is 20.2. The molecule has 0 aromatic carbocycles. The summed E-state index contributed by atoms with van der Waals surface area (Å²) in [7, 11) is 0. The van der Waals surface area contributed by atoms with Gasteiger partial charge in [0.15, 0.2) is 6.10 Å². The Balaban J connectivity index is 2.12. The lowest BCUT2D eigenvalue weighted by molar-refractivity contribution is -0.147. The fourth-order valence-corrected chi connectivity index (χ4v) is 2.73. The van der Waals surface area contributed by atoms with Gasteiger partial charge in [-0.2, -0.15) is 0 Å². The van der Waals surface area contributed by atoms with Crippen molar-refractivity contribution < 1.29 is 23.9 Å². The second kappa shape index (κ2) is 8.48. The number of nitrogens with one attached hydrogen (secondary N) is 1. The number of Topliss-reactive ketones (excluding diaryl/α,β-unsaturated/α-hetero) is 1. The van der Waals surface area contributed by atoms with Gasteiger partial charge in [-0.25, -0.2) is 4.79 Å². The largest absolute Gasteiger partial charge is 0.462 e. The van der Waals surface area contributed by atoms with Gasteiger partial charge in [0.25, 0.3) is 5.56 Å². The summed E-state index contributed by atoms with van der Waals surface area (Å²) in [5.74, 6) is -1.70. The zero-order valence-corrected chi connectivity index (χ0v) is 15.7. The number of pyridine rings is 1. The van der Waals surface area contributed by atoms with Crippen LogP contribution in [0.15, 0.2) is 29.2 Å². The number of aromatic nitrogens is 2. The Hall–Kier alpha value is -3.16. The fraction of sp³-hybridized carbons (Fsp3) is 0.368. The van der Waals surface area contributed by atoms with Crippen LogP contribution in [0.5, 0.6) is 0 Å². The molecular formula is C19H22N2O6. The Morgan fingerprint density at radius 2 is 1.93 bits per heavy atom. The molecule has 2 aromatic rings. The van der Waals surface area contributed by atoms with E-state index in [1.807, 2.05) is 0 Å². The third-order valence-electron chi connectivity index (χ3n) is 4.04. The van der Waals surface area contributed by atoms with Gasteiger partial charge in [-0.05, 0) is 39.3 Å². The second-order valence-corrected chi connectivity index (χ2v) is 6.01. The standard InChI is InChI=1S/C19H22N2O6/c1-5-26-19(25)16-11(2)17(20-12(16)3)18(24)13(4)27-15(23)10-21-9-7-6-8-14(21)22/h6-9,13,20H,5,10H2,1-4H3/t13-/m1/s1. The van der Waals surface area contributed by atoms with Crippen molar-refractivity contribution in [1.82, 2.24) is 9.55 Å². The molecule has 144 valence electrons. The molecule has 8 nitrogen and oxygen atoms in total. The van der Waals surface area contributed by atoms with Gasteiger partial charge in [0.2, 0.25) is 5.78 Å². The molecule has 2 aromatic heterocycles. The lowest BCUT2D eigenvalue weighted by atomic mass is 10.1. The van der Waals surface area contributed by atoms with E-state index in [9.17, 15) is 19.2 Å². The van der Waals surface area contributed by atoms with Gasteiger partial charge in [-0.3, -0.25) is 14.4 Å². The molecule has 0 fully saturated rings. The van der Waals surface area contributed by atoms with Crippen molar-refractivity contribution >= 4 is 17.7 Å². The number of nitrogens with zero attached hydrogens (tertiary/aromatic N) is 1. The molecule has 0 spiro atoms.